The standard InChI is InChI=1S/C26H26N6O3/c1-3-4-10-28-26(34)32-22-7-5-6-18(20(22)12-27)24(33)21-15-31-25-19(21)11-17(14-30-25)16-8-9-23(35-2)29-13-16/h5-9,11-15,27H,3-4,10H2,1-2H3,(H,30,31)(H2,28,32,34). The van der Waals surface area contributed by atoms with Gasteiger partial charge in [0.15, 0.2) is 5.78 Å². The van der Waals surface area contributed by atoms with Crippen molar-refractivity contribution in [3.8, 4) is 17.0 Å². The monoisotopic (exact) mass is 470 g/mol. The number of aromatic amines is 1. The lowest BCUT2D eigenvalue weighted by Crippen LogP contribution is -2.30. The van der Waals surface area contributed by atoms with Crippen LogP contribution in [0.5, 0.6) is 5.88 Å². The number of hydrogen-bond donors (Lipinski definition) is 4. The van der Waals surface area contributed by atoms with Crippen molar-refractivity contribution < 1.29 is 14.3 Å². The molecule has 0 fully saturated rings. The van der Waals surface area contributed by atoms with Crippen molar-refractivity contribution in [2.24, 2.45) is 0 Å². The van der Waals surface area contributed by atoms with E-state index in [2.05, 4.69) is 25.6 Å². The summed E-state index contributed by atoms with van der Waals surface area (Å²) in [7, 11) is 1.55. The number of unbranched alkanes of at least 4 members (excludes halogenated alkanes) is 1. The Hall–Kier alpha value is -4.53. The van der Waals surface area contributed by atoms with Gasteiger partial charge in [-0.05, 0) is 24.6 Å². The minimum atomic E-state index is -0.375. The average molecular weight is 471 g/mol. The molecule has 0 saturated heterocycles. The van der Waals surface area contributed by atoms with Gasteiger partial charge in [0.05, 0.1) is 12.8 Å². The normalized spacial score (nSPS) is 10.7. The number of urea groups is 1. The third kappa shape index (κ3) is 5.03. The van der Waals surface area contributed by atoms with Crippen LogP contribution < -0.4 is 15.4 Å². The topological polar surface area (TPSA) is 133 Å². The number of amides is 2. The molecule has 3 heterocycles. The van der Waals surface area contributed by atoms with Crippen molar-refractivity contribution >= 4 is 34.7 Å². The molecule has 0 radical (unpaired) electrons. The van der Waals surface area contributed by atoms with E-state index in [0.29, 0.717) is 45.8 Å². The van der Waals surface area contributed by atoms with E-state index in [1.165, 1.54) is 0 Å². The number of pyridine rings is 2. The lowest BCUT2D eigenvalue weighted by atomic mass is 9.97. The van der Waals surface area contributed by atoms with Gasteiger partial charge in [-0.1, -0.05) is 25.5 Å². The zero-order valence-electron chi connectivity index (χ0n) is 19.5. The third-order valence-electron chi connectivity index (χ3n) is 5.61. The molecule has 0 aliphatic carbocycles. The van der Waals surface area contributed by atoms with Crippen molar-refractivity contribution in [1.29, 1.82) is 5.41 Å². The molecule has 35 heavy (non-hydrogen) atoms. The van der Waals surface area contributed by atoms with Crippen molar-refractivity contribution in [3.05, 3.63) is 71.7 Å². The number of H-pyrrole nitrogens is 1. The smallest absolute Gasteiger partial charge is 0.319 e. The number of hydrogen-bond acceptors (Lipinski definition) is 6. The molecule has 3 aromatic heterocycles. The second-order valence-corrected chi connectivity index (χ2v) is 7.89. The maximum Gasteiger partial charge on any atom is 0.319 e. The molecule has 0 saturated carbocycles. The number of ether oxygens (including phenoxy) is 1. The number of benzene rings is 1. The highest BCUT2D eigenvalue weighted by atomic mass is 16.5. The van der Waals surface area contributed by atoms with Crippen molar-refractivity contribution in [3.63, 3.8) is 0 Å². The van der Waals surface area contributed by atoms with Crippen LogP contribution in [0.3, 0.4) is 0 Å². The summed E-state index contributed by atoms with van der Waals surface area (Å²) in [5, 5.41) is 14.1. The van der Waals surface area contributed by atoms with E-state index in [-0.39, 0.29) is 11.8 Å². The maximum absolute atomic E-state index is 13.6. The van der Waals surface area contributed by atoms with Crippen LogP contribution in [0.1, 0.15) is 41.3 Å². The number of carbonyl (C=O) groups excluding carboxylic acids is 2. The molecule has 9 heteroatoms. The Balaban J connectivity index is 1.67. The maximum atomic E-state index is 13.6. The summed E-state index contributed by atoms with van der Waals surface area (Å²) in [5.41, 5.74) is 3.66. The molecule has 0 spiro atoms. The zero-order valence-corrected chi connectivity index (χ0v) is 19.5. The van der Waals surface area contributed by atoms with E-state index >= 15 is 0 Å². The molecule has 9 nitrogen and oxygen atoms in total. The number of carbonyl (C=O) groups is 2. The second-order valence-electron chi connectivity index (χ2n) is 7.89. The second kappa shape index (κ2) is 10.6. The van der Waals surface area contributed by atoms with E-state index in [0.717, 1.165) is 30.2 Å². The Bertz CT molecular complexity index is 1380. The fourth-order valence-corrected chi connectivity index (χ4v) is 3.74. The Morgan fingerprint density at radius 2 is 1.94 bits per heavy atom. The highest BCUT2D eigenvalue weighted by Gasteiger charge is 2.20. The van der Waals surface area contributed by atoms with Gasteiger partial charge in [0.2, 0.25) is 5.88 Å². The number of fused-ring (bicyclic) bond motifs is 1. The van der Waals surface area contributed by atoms with E-state index in [9.17, 15) is 9.59 Å². The van der Waals surface area contributed by atoms with Gasteiger partial charge < -0.3 is 25.8 Å². The van der Waals surface area contributed by atoms with Gasteiger partial charge in [-0.15, -0.1) is 0 Å². The molecule has 178 valence electrons. The SMILES string of the molecule is CCCCNC(=O)Nc1cccc(C(=O)c2c[nH]c3ncc(-c4ccc(OC)nc4)cc23)c1C=N. The summed E-state index contributed by atoms with van der Waals surface area (Å²) >= 11 is 0. The lowest BCUT2D eigenvalue weighted by Gasteiger charge is -2.12. The molecule has 0 aliphatic heterocycles. The van der Waals surface area contributed by atoms with Gasteiger partial charge in [-0.25, -0.2) is 14.8 Å². The first-order chi connectivity index (χ1) is 17.0. The summed E-state index contributed by atoms with van der Waals surface area (Å²) in [4.78, 5) is 37.6. The molecule has 4 rings (SSSR count). The molecule has 4 N–H and O–H groups in total. The van der Waals surface area contributed by atoms with Crippen LogP contribution >= 0.6 is 0 Å². The number of ketones is 1. The number of nitrogens with zero attached hydrogens (tertiary/aromatic N) is 2. The Morgan fingerprint density at radius 3 is 2.66 bits per heavy atom. The average Bonchev–Trinajstić information content (AvgIpc) is 3.31. The van der Waals surface area contributed by atoms with Gasteiger partial charge in [0.25, 0.3) is 0 Å². The van der Waals surface area contributed by atoms with Crippen LogP contribution in [0, 0.1) is 5.41 Å². The van der Waals surface area contributed by atoms with Gasteiger partial charge in [-0.3, -0.25) is 4.79 Å². The summed E-state index contributed by atoms with van der Waals surface area (Å²) in [6.45, 7) is 2.59. The minimum Gasteiger partial charge on any atom is -0.481 e. The van der Waals surface area contributed by atoms with E-state index in [4.69, 9.17) is 10.1 Å². The fourth-order valence-electron chi connectivity index (χ4n) is 3.74. The van der Waals surface area contributed by atoms with Crippen molar-refractivity contribution in [1.82, 2.24) is 20.3 Å². The number of rotatable bonds is 9. The van der Waals surface area contributed by atoms with Crippen LogP contribution in [-0.4, -0.2) is 46.6 Å². The van der Waals surface area contributed by atoms with Crippen molar-refractivity contribution in [2.75, 3.05) is 19.0 Å². The molecule has 0 aliphatic rings. The Morgan fingerprint density at radius 1 is 1.11 bits per heavy atom. The molecular formula is C26H26N6O3. The minimum absolute atomic E-state index is 0.281. The van der Waals surface area contributed by atoms with Crippen LogP contribution in [0.4, 0.5) is 10.5 Å². The third-order valence-corrected chi connectivity index (χ3v) is 5.61. The molecule has 0 atom stereocenters. The molecule has 0 unspecified atom stereocenters. The number of nitrogens with one attached hydrogen (secondary N) is 4. The van der Waals surface area contributed by atoms with Gasteiger partial charge in [0.1, 0.15) is 5.65 Å². The molecule has 0 bridgehead atoms. The number of aromatic nitrogens is 3. The summed E-state index contributed by atoms with van der Waals surface area (Å²) < 4.78 is 5.12. The van der Waals surface area contributed by atoms with E-state index < -0.39 is 0 Å². The first kappa shape index (κ1) is 23.6. The summed E-state index contributed by atoms with van der Waals surface area (Å²) in [6, 6.07) is 10.1. The van der Waals surface area contributed by atoms with Gasteiger partial charge in [-0.2, -0.15) is 0 Å². The van der Waals surface area contributed by atoms with E-state index in [1.807, 2.05) is 19.1 Å². The van der Waals surface area contributed by atoms with Crippen molar-refractivity contribution in [2.45, 2.75) is 19.8 Å². The van der Waals surface area contributed by atoms with Crippen LogP contribution in [0.15, 0.2) is 55.0 Å². The van der Waals surface area contributed by atoms with Crippen LogP contribution in [0.25, 0.3) is 22.2 Å². The molecule has 1 aromatic carbocycles. The Labute approximate surface area is 202 Å². The molecule has 2 amide bonds. The van der Waals surface area contributed by atoms with Crippen LogP contribution in [0.2, 0.25) is 0 Å². The molecule has 4 aromatic rings. The predicted octanol–water partition coefficient (Wildman–Crippen LogP) is 4.78. The highest BCUT2D eigenvalue weighted by molar-refractivity contribution is 6.20. The van der Waals surface area contributed by atoms with E-state index in [1.54, 1.807) is 50.0 Å². The quantitative estimate of drug-likeness (QED) is 0.159. The largest absolute Gasteiger partial charge is 0.481 e. The molecular weight excluding hydrogens is 444 g/mol. The zero-order chi connectivity index (χ0) is 24.8. The Kier molecular flexibility index (Phi) is 7.15. The van der Waals surface area contributed by atoms with Crippen LogP contribution in [-0.2, 0) is 0 Å². The predicted molar refractivity (Wildman–Crippen MR) is 136 cm³/mol. The first-order valence-electron chi connectivity index (χ1n) is 11.3. The lowest BCUT2D eigenvalue weighted by molar-refractivity contribution is 0.104. The summed E-state index contributed by atoms with van der Waals surface area (Å²) in [5.74, 6) is 0.226. The number of anilines is 1. The fraction of sp³-hybridized carbons (Fsp3) is 0.192. The number of methoxy groups -OCH3 is 1. The van der Waals surface area contributed by atoms with Gasteiger partial charge >= 0.3 is 6.03 Å². The first-order valence-corrected chi connectivity index (χ1v) is 11.3. The van der Waals surface area contributed by atoms with Gasteiger partial charge in [0, 0.05) is 70.6 Å². The summed E-state index contributed by atoms with van der Waals surface area (Å²) in [6.07, 6.45) is 7.92. The highest BCUT2D eigenvalue weighted by Crippen LogP contribution is 2.28.